The van der Waals surface area contributed by atoms with Crippen molar-refractivity contribution in [3.63, 3.8) is 0 Å². The fourth-order valence-corrected chi connectivity index (χ4v) is 3.00. The highest BCUT2D eigenvalue weighted by atomic mass is 32.1. The van der Waals surface area contributed by atoms with E-state index in [1.165, 1.54) is 12.1 Å². The van der Waals surface area contributed by atoms with Crippen molar-refractivity contribution in [3.8, 4) is 0 Å². The van der Waals surface area contributed by atoms with Gasteiger partial charge in [-0.3, -0.25) is 9.69 Å². The Hall–Kier alpha value is -2.31. The molecule has 3 aromatic rings. The molecule has 1 N–H and O–H groups in total. The lowest BCUT2D eigenvalue weighted by atomic mass is 10.2. The van der Waals surface area contributed by atoms with Gasteiger partial charge < -0.3 is 5.32 Å². The maximum absolute atomic E-state index is 12.9. The molecule has 6 heteroatoms. The summed E-state index contributed by atoms with van der Waals surface area (Å²) in [5.41, 5.74) is 4.37. The second-order valence-electron chi connectivity index (χ2n) is 5.38. The maximum Gasteiger partial charge on any atom is 0.238 e. The first-order valence-electron chi connectivity index (χ1n) is 7.16. The predicted molar refractivity (Wildman–Crippen MR) is 91.0 cm³/mol. The molecule has 2 aromatic carbocycles. The van der Waals surface area contributed by atoms with Gasteiger partial charge >= 0.3 is 0 Å². The molecule has 0 unspecified atom stereocenters. The summed E-state index contributed by atoms with van der Waals surface area (Å²) in [6, 6.07) is 12.0. The zero-order valence-electron chi connectivity index (χ0n) is 12.6. The Morgan fingerprint density at radius 3 is 2.83 bits per heavy atom. The molecule has 0 spiro atoms. The van der Waals surface area contributed by atoms with Gasteiger partial charge in [-0.2, -0.15) is 0 Å². The monoisotopic (exact) mass is 329 g/mol. The predicted octanol–water partition coefficient (Wildman–Crippen LogP) is 3.51. The summed E-state index contributed by atoms with van der Waals surface area (Å²) < 4.78 is 14.0. The van der Waals surface area contributed by atoms with Gasteiger partial charge in [0.05, 0.1) is 22.3 Å². The summed E-state index contributed by atoms with van der Waals surface area (Å²) >= 11 is 1.57. The molecule has 0 aliphatic rings. The number of likely N-dealkylation sites (N-methyl/N-ethyl adjacent to an activating group) is 1. The number of nitrogens with one attached hydrogen (secondary N) is 1. The van der Waals surface area contributed by atoms with Gasteiger partial charge in [0.2, 0.25) is 5.91 Å². The number of benzene rings is 2. The largest absolute Gasteiger partial charge is 0.325 e. The van der Waals surface area contributed by atoms with E-state index >= 15 is 0 Å². The van der Waals surface area contributed by atoms with Crippen LogP contribution in [0.2, 0.25) is 0 Å². The lowest BCUT2D eigenvalue weighted by Crippen LogP contribution is -2.29. The second-order valence-corrected chi connectivity index (χ2v) is 6.27. The molecule has 23 heavy (non-hydrogen) atoms. The topological polar surface area (TPSA) is 45.2 Å². The summed E-state index contributed by atoms with van der Waals surface area (Å²) in [6.45, 7) is 0.839. The lowest BCUT2D eigenvalue weighted by Gasteiger charge is -2.16. The van der Waals surface area contributed by atoms with Gasteiger partial charge in [-0.05, 0) is 42.9 Å². The molecule has 0 saturated carbocycles. The van der Waals surface area contributed by atoms with Crippen LogP contribution >= 0.6 is 11.3 Å². The normalized spacial score (nSPS) is 11.1. The first-order valence-corrected chi connectivity index (χ1v) is 8.04. The number of amides is 1. The molecule has 0 aliphatic heterocycles. The zero-order chi connectivity index (χ0) is 16.2. The summed E-state index contributed by atoms with van der Waals surface area (Å²) in [7, 11) is 1.85. The summed E-state index contributed by atoms with van der Waals surface area (Å²) in [4.78, 5) is 18.2. The van der Waals surface area contributed by atoms with E-state index in [-0.39, 0.29) is 18.3 Å². The maximum atomic E-state index is 12.9. The zero-order valence-corrected chi connectivity index (χ0v) is 13.4. The molecule has 118 valence electrons. The summed E-state index contributed by atoms with van der Waals surface area (Å²) in [5, 5.41) is 2.87. The van der Waals surface area contributed by atoms with Crippen molar-refractivity contribution in [1.29, 1.82) is 0 Å². The Morgan fingerprint density at radius 1 is 1.26 bits per heavy atom. The highest BCUT2D eigenvalue weighted by Crippen LogP contribution is 2.21. The number of hydrogen-bond donors (Lipinski definition) is 1. The molecule has 3 rings (SSSR count). The van der Waals surface area contributed by atoms with Crippen molar-refractivity contribution >= 4 is 33.1 Å². The van der Waals surface area contributed by atoms with Crippen LogP contribution in [-0.4, -0.2) is 29.4 Å². The Labute approximate surface area is 137 Å². The molecule has 1 amide bonds. The minimum absolute atomic E-state index is 0.0933. The van der Waals surface area contributed by atoms with Crippen LogP contribution in [0.15, 0.2) is 48.0 Å². The molecular weight excluding hydrogens is 313 g/mol. The van der Waals surface area contributed by atoms with Crippen molar-refractivity contribution in [2.75, 3.05) is 18.9 Å². The van der Waals surface area contributed by atoms with Crippen molar-refractivity contribution in [1.82, 2.24) is 9.88 Å². The number of thiazole rings is 1. The number of rotatable bonds is 5. The van der Waals surface area contributed by atoms with E-state index < -0.39 is 0 Å². The van der Waals surface area contributed by atoms with Crippen LogP contribution in [0.4, 0.5) is 10.1 Å². The summed E-state index contributed by atoms with van der Waals surface area (Å²) in [5.74, 6) is -0.351. The number of carbonyl (C=O) groups is 1. The van der Waals surface area contributed by atoms with Crippen molar-refractivity contribution in [2.24, 2.45) is 0 Å². The third kappa shape index (κ3) is 4.12. The second kappa shape index (κ2) is 6.85. The number of aromatic nitrogens is 1. The van der Waals surface area contributed by atoms with Gasteiger partial charge in [-0.15, -0.1) is 11.3 Å². The van der Waals surface area contributed by atoms with Gasteiger partial charge in [0.15, 0.2) is 0 Å². The Kier molecular flexibility index (Phi) is 4.64. The van der Waals surface area contributed by atoms with Crippen LogP contribution in [0.5, 0.6) is 0 Å². The molecule has 0 fully saturated rings. The first-order chi connectivity index (χ1) is 11.1. The number of nitrogens with zero attached hydrogens (tertiary/aromatic N) is 2. The number of halogens is 1. The molecule has 0 atom stereocenters. The molecule has 1 aromatic heterocycles. The Morgan fingerprint density at radius 2 is 2.04 bits per heavy atom. The van der Waals surface area contributed by atoms with Crippen molar-refractivity contribution in [2.45, 2.75) is 6.54 Å². The molecule has 4 nitrogen and oxygen atoms in total. The number of fused-ring (bicyclic) bond motifs is 1. The van der Waals surface area contributed by atoms with Crippen molar-refractivity contribution < 1.29 is 9.18 Å². The van der Waals surface area contributed by atoms with E-state index in [1.54, 1.807) is 29.0 Å². The minimum Gasteiger partial charge on any atom is -0.325 e. The average molecular weight is 329 g/mol. The highest BCUT2D eigenvalue weighted by molar-refractivity contribution is 7.16. The number of anilines is 1. The van der Waals surface area contributed by atoms with Crippen LogP contribution in [0.3, 0.4) is 0 Å². The minimum atomic E-state index is -0.258. The van der Waals surface area contributed by atoms with Gasteiger partial charge in [0, 0.05) is 12.2 Å². The quantitative estimate of drug-likeness (QED) is 0.779. The standard InChI is InChI=1S/C17H16FN3OS/c1-21(9-12-2-4-13(18)5-3-12)10-17(22)20-14-6-7-16-15(8-14)19-11-23-16/h2-8,11H,9-10H2,1H3,(H,20,22). The molecule has 1 heterocycles. The SMILES string of the molecule is CN(CC(=O)Nc1ccc2scnc2c1)Cc1ccc(F)cc1. The fraction of sp³-hybridized carbons (Fsp3) is 0.176. The Bertz CT molecular complexity index is 816. The molecule has 0 radical (unpaired) electrons. The number of hydrogen-bond acceptors (Lipinski definition) is 4. The lowest BCUT2D eigenvalue weighted by molar-refractivity contribution is -0.117. The molecule has 0 bridgehead atoms. The smallest absolute Gasteiger partial charge is 0.238 e. The van der Waals surface area contributed by atoms with Crippen LogP contribution in [-0.2, 0) is 11.3 Å². The van der Waals surface area contributed by atoms with E-state index in [0.717, 1.165) is 21.5 Å². The molecule has 0 aliphatic carbocycles. The highest BCUT2D eigenvalue weighted by Gasteiger charge is 2.08. The van der Waals surface area contributed by atoms with Crippen LogP contribution in [0.1, 0.15) is 5.56 Å². The average Bonchev–Trinajstić information content (AvgIpc) is 2.97. The van der Waals surface area contributed by atoms with Gasteiger partial charge in [0.25, 0.3) is 0 Å². The van der Waals surface area contributed by atoms with Gasteiger partial charge in [-0.1, -0.05) is 12.1 Å². The van der Waals surface area contributed by atoms with Crippen LogP contribution < -0.4 is 5.32 Å². The third-order valence-electron chi connectivity index (χ3n) is 3.39. The van der Waals surface area contributed by atoms with Gasteiger partial charge in [0.1, 0.15) is 5.82 Å². The van der Waals surface area contributed by atoms with E-state index in [4.69, 9.17) is 0 Å². The fourth-order valence-electron chi connectivity index (χ4n) is 2.34. The third-order valence-corrected chi connectivity index (χ3v) is 4.20. The number of carbonyl (C=O) groups excluding carboxylic acids is 1. The van der Waals surface area contributed by atoms with Gasteiger partial charge in [-0.25, -0.2) is 9.37 Å². The van der Waals surface area contributed by atoms with E-state index in [1.807, 2.05) is 30.1 Å². The van der Waals surface area contributed by atoms with Crippen LogP contribution in [0, 0.1) is 5.82 Å². The van der Waals surface area contributed by atoms with Crippen molar-refractivity contribution in [3.05, 3.63) is 59.4 Å². The van der Waals surface area contributed by atoms with Crippen LogP contribution in [0.25, 0.3) is 10.2 Å². The summed E-state index contributed by atoms with van der Waals surface area (Å²) in [6.07, 6.45) is 0. The van der Waals surface area contributed by atoms with E-state index in [9.17, 15) is 9.18 Å². The van der Waals surface area contributed by atoms with E-state index in [0.29, 0.717) is 6.54 Å². The molecular formula is C17H16FN3OS. The Balaban J connectivity index is 1.56. The first kappa shape index (κ1) is 15.6. The molecule has 0 saturated heterocycles. The van der Waals surface area contributed by atoms with E-state index in [2.05, 4.69) is 10.3 Å².